The molecule has 2 N–H and O–H groups in total. The van der Waals surface area contributed by atoms with Crippen molar-refractivity contribution in [3.63, 3.8) is 0 Å². The van der Waals surface area contributed by atoms with Gasteiger partial charge in [0.25, 0.3) is 0 Å². The van der Waals surface area contributed by atoms with Gasteiger partial charge in [0.15, 0.2) is 0 Å². The van der Waals surface area contributed by atoms with Crippen LogP contribution in [-0.4, -0.2) is 20.2 Å². The molecule has 26 heavy (non-hydrogen) atoms. The first kappa shape index (κ1) is 16.1. The van der Waals surface area contributed by atoms with E-state index in [9.17, 15) is 5.11 Å². The first-order valence-electron chi connectivity index (χ1n) is 9.76. The molecule has 3 aromatic rings. The fourth-order valence-electron chi connectivity index (χ4n) is 4.51. The normalized spacial score (nSPS) is 19.5. The molecule has 2 aliphatic rings. The summed E-state index contributed by atoms with van der Waals surface area (Å²) < 4.78 is 5.38. The predicted molar refractivity (Wildman–Crippen MR) is 100.0 cm³/mol. The molecular formula is C21H25N3O2. The molecule has 0 unspecified atom stereocenters. The molecule has 1 aromatic carbocycles. The molecule has 136 valence electrons. The molecule has 2 aliphatic carbocycles. The number of aromatic nitrogens is 3. The van der Waals surface area contributed by atoms with E-state index in [2.05, 4.69) is 22.3 Å². The number of hydrogen-bond acceptors (Lipinski definition) is 4. The molecule has 0 radical (unpaired) electrons. The number of fused-ring (bicyclic) bond motifs is 1. The van der Waals surface area contributed by atoms with Crippen molar-refractivity contribution in [2.75, 3.05) is 0 Å². The highest BCUT2D eigenvalue weighted by atomic mass is 16.5. The van der Waals surface area contributed by atoms with Gasteiger partial charge in [0, 0.05) is 17.0 Å². The van der Waals surface area contributed by atoms with E-state index in [0.717, 1.165) is 57.8 Å². The second-order valence-electron chi connectivity index (χ2n) is 8.05. The van der Waals surface area contributed by atoms with Crippen LogP contribution in [-0.2, 0) is 0 Å². The minimum Gasteiger partial charge on any atom is -0.388 e. The molecule has 5 nitrogen and oxygen atoms in total. The Morgan fingerprint density at radius 1 is 1.15 bits per heavy atom. The van der Waals surface area contributed by atoms with Crippen LogP contribution in [0.2, 0.25) is 0 Å². The molecule has 2 saturated carbocycles. The Kier molecular flexibility index (Phi) is 3.67. The smallest absolute Gasteiger partial charge is 0.141 e. The summed E-state index contributed by atoms with van der Waals surface area (Å²) in [5.41, 5.74) is 5.84. The van der Waals surface area contributed by atoms with Crippen LogP contribution in [0.3, 0.4) is 0 Å². The van der Waals surface area contributed by atoms with E-state index in [0.29, 0.717) is 11.8 Å². The first-order chi connectivity index (χ1) is 12.6. The van der Waals surface area contributed by atoms with Gasteiger partial charge < -0.3 is 14.6 Å². The third-order valence-corrected chi connectivity index (χ3v) is 6.09. The lowest BCUT2D eigenvalue weighted by Gasteiger charge is -2.19. The standard InChI is InChI=1S/C21H25N3O2/c1-11-18(12(2)26-24-11)15-9-16(20(25)13-5-3-4-6-13)19-17(10-15)22-21(23-19)14-7-8-14/h9-10,13-14,20,25H,3-8H2,1-2H3,(H,22,23)/t20-/m1/s1. The summed E-state index contributed by atoms with van der Waals surface area (Å²) in [5.74, 6) is 2.77. The van der Waals surface area contributed by atoms with Crippen LogP contribution in [0, 0.1) is 19.8 Å². The molecule has 5 heteroatoms. The number of benzene rings is 1. The highest BCUT2D eigenvalue weighted by molar-refractivity contribution is 5.86. The number of rotatable bonds is 4. The van der Waals surface area contributed by atoms with E-state index in [1.807, 2.05) is 13.8 Å². The molecule has 0 aliphatic heterocycles. The highest BCUT2D eigenvalue weighted by Crippen LogP contribution is 2.43. The average molecular weight is 351 g/mol. The van der Waals surface area contributed by atoms with Crippen LogP contribution in [0.25, 0.3) is 22.2 Å². The number of nitrogens with one attached hydrogen (secondary N) is 1. The number of aromatic amines is 1. The van der Waals surface area contributed by atoms with Gasteiger partial charge in [0.05, 0.1) is 22.8 Å². The number of H-pyrrole nitrogens is 1. The summed E-state index contributed by atoms with van der Waals surface area (Å²) in [6.07, 6.45) is 6.56. The molecule has 0 bridgehead atoms. The number of aliphatic hydroxyl groups excluding tert-OH is 1. The van der Waals surface area contributed by atoms with Crippen molar-refractivity contribution in [3.05, 3.63) is 35.0 Å². The Bertz CT molecular complexity index is 942. The van der Waals surface area contributed by atoms with Gasteiger partial charge in [-0.3, -0.25) is 0 Å². The van der Waals surface area contributed by atoms with Gasteiger partial charge in [-0.25, -0.2) is 4.98 Å². The number of aliphatic hydroxyl groups is 1. The van der Waals surface area contributed by atoms with Gasteiger partial charge in [0.2, 0.25) is 0 Å². The molecular weight excluding hydrogens is 326 g/mol. The summed E-state index contributed by atoms with van der Waals surface area (Å²) in [4.78, 5) is 8.39. The molecule has 1 atom stereocenters. The lowest BCUT2D eigenvalue weighted by molar-refractivity contribution is 0.113. The number of imidazole rings is 1. The Balaban J connectivity index is 1.69. The van der Waals surface area contributed by atoms with Gasteiger partial charge in [-0.15, -0.1) is 0 Å². The quantitative estimate of drug-likeness (QED) is 0.698. The molecule has 2 aromatic heterocycles. The van der Waals surface area contributed by atoms with Crippen LogP contribution in [0.5, 0.6) is 0 Å². The fourth-order valence-corrected chi connectivity index (χ4v) is 4.51. The fraction of sp³-hybridized carbons (Fsp3) is 0.524. The van der Waals surface area contributed by atoms with Crippen molar-refractivity contribution in [3.8, 4) is 11.1 Å². The maximum atomic E-state index is 11.1. The molecule has 5 rings (SSSR count). The first-order valence-corrected chi connectivity index (χ1v) is 9.76. The SMILES string of the molecule is Cc1noc(C)c1-c1cc([C@H](O)C2CCCC2)c2nc(C3CC3)[nH]c2c1. The zero-order valence-corrected chi connectivity index (χ0v) is 15.4. The predicted octanol–water partition coefficient (Wildman–Crippen LogP) is 4.94. The zero-order chi connectivity index (χ0) is 17.8. The van der Waals surface area contributed by atoms with Crippen LogP contribution < -0.4 is 0 Å². The van der Waals surface area contributed by atoms with Gasteiger partial charge in [0.1, 0.15) is 11.6 Å². The topological polar surface area (TPSA) is 74.9 Å². The summed E-state index contributed by atoms with van der Waals surface area (Å²) in [7, 11) is 0. The van der Waals surface area contributed by atoms with E-state index >= 15 is 0 Å². The third kappa shape index (κ3) is 2.57. The second kappa shape index (κ2) is 5.95. The van der Waals surface area contributed by atoms with Crippen molar-refractivity contribution in [2.45, 2.75) is 64.4 Å². The molecule has 0 spiro atoms. The zero-order valence-electron chi connectivity index (χ0n) is 15.4. The largest absolute Gasteiger partial charge is 0.388 e. The Hall–Kier alpha value is -2.14. The molecule has 0 amide bonds. The van der Waals surface area contributed by atoms with E-state index < -0.39 is 6.10 Å². The second-order valence-corrected chi connectivity index (χ2v) is 8.05. The number of hydrogen-bond donors (Lipinski definition) is 2. The van der Waals surface area contributed by atoms with Gasteiger partial charge >= 0.3 is 0 Å². The van der Waals surface area contributed by atoms with Crippen molar-refractivity contribution in [1.82, 2.24) is 15.1 Å². The van der Waals surface area contributed by atoms with Crippen molar-refractivity contribution >= 4 is 11.0 Å². The molecule has 2 heterocycles. The monoisotopic (exact) mass is 351 g/mol. The van der Waals surface area contributed by atoms with Crippen LogP contribution in [0.15, 0.2) is 16.7 Å². The van der Waals surface area contributed by atoms with Gasteiger partial charge in [-0.05, 0) is 63.1 Å². The van der Waals surface area contributed by atoms with E-state index in [4.69, 9.17) is 9.51 Å². The summed E-state index contributed by atoms with van der Waals surface area (Å²) >= 11 is 0. The maximum absolute atomic E-state index is 11.1. The van der Waals surface area contributed by atoms with Crippen LogP contribution in [0.1, 0.15) is 73.4 Å². The van der Waals surface area contributed by atoms with Gasteiger partial charge in [-0.2, -0.15) is 0 Å². The highest BCUT2D eigenvalue weighted by Gasteiger charge is 2.31. The van der Waals surface area contributed by atoms with Crippen LogP contribution in [0.4, 0.5) is 0 Å². The lowest BCUT2D eigenvalue weighted by atomic mass is 9.91. The van der Waals surface area contributed by atoms with Crippen molar-refractivity contribution in [2.24, 2.45) is 5.92 Å². The van der Waals surface area contributed by atoms with E-state index in [1.54, 1.807) is 0 Å². The summed E-state index contributed by atoms with van der Waals surface area (Å²) in [5, 5.41) is 15.3. The summed E-state index contributed by atoms with van der Waals surface area (Å²) in [6.45, 7) is 3.90. The molecule has 2 fully saturated rings. The minimum absolute atomic E-state index is 0.333. The van der Waals surface area contributed by atoms with Gasteiger partial charge in [-0.1, -0.05) is 18.0 Å². The molecule has 0 saturated heterocycles. The van der Waals surface area contributed by atoms with Crippen molar-refractivity contribution < 1.29 is 9.63 Å². The third-order valence-electron chi connectivity index (χ3n) is 6.09. The summed E-state index contributed by atoms with van der Waals surface area (Å²) in [6, 6.07) is 4.24. The van der Waals surface area contributed by atoms with E-state index in [-0.39, 0.29) is 0 Å². The Labute approximate surface area is 152 Å². The lowest BCUT2D eigenvalue weighted by Crippen LogP contribution is -2.10. The number of aryl methyl sites for hydroxylation is 2. The average Bonchev–Trinajstić information content (AvgIpc) is 3.04. The Morgan fingerprint density at radius 3 is 2.58 bits per heavy atom. The number of nitrogens with zero attached hydrogens (tertiary/aromatic N) is 2. The maximum Gasteiger partial charge on any atom is 0.141 e. The van der Waals surface area contributed by atoms with Crippen LogP contribution >= 0.6 is 0 Å². The van der Waals surface area contributed by atoms with Crippen molar-refractivity contribution in [1.29, 1.82) is 0 Å². The Morgan fingerprint density at radius 2 is 1.92 bits per heavy atom. The minimum atomic E-state index is -0.462. The van der Waals surface area contributed by atoms with E-state index in [1.165, 1.54) is 25.7 Å².